The van der Waals surface area contributed by atoms with E-state index in [2.05, 4.69) is 11.9 Å². The van der Waals surface area contributed by atoms with Crippen molar-refractivity contribution >= 4 is 11.7 Å². The van der Waals surface area contributed by atoms with Crippen LogP contribution in [-0.2, 0) is 9.53 Å². The lowest BCUT2D eigenvalue weighted by atomic mass is 10.1. The maximum absolute atomic E-state index is 11.6. The number of hydrogen-bond acceptors (Lipinski definition) is 4. The number of allylic oxidation sites excluding steroid dienone is 2. The molecule has 1 heterocycles. The van der Waals surface area contributed by atoms with Crippen LogP contribution in [-0.4, -0.2) is 30.9 Å². The molecule has 16 heavy (non-hydrogen) atoms. The molecule has 1 atom stereocenters. The number of carbonyl (C=O) groups excluding carboxylic acids is 1. The zero-order valence-electron chi connectivity index (χ0n) is 9.58. The minimum absolute atomic E-state index is 0.245. The molecule has 0 aromatic rings. The molecule has 0 bridgehead atoms. The average molecular weight is 222 g/mol. The molecule has 0 aromatic heterocycles. The summed E-state index contributed by atoms with van der Waals surface area (Å²) in [5, 5.41) is 10.7. The van der Waals surface area contributed by atoms with Crippen LogP contribution in [0.3, 0.4) is 0 Å². The Morgan fingerprint density at radius 3 is 3.12 bits per heavy atom. The second-order valence-corrected chi connectivity index (χ2v) is 3.73. The lowest BCUT2D eigenvalue weighted by molar-refractivity contribution is -0.145. The standard InChI is InChI=1S/C12H18N2O2/c1-3-16-12(15)11-8-9(2)4-5-10(13)6-7-14-11/h4-5,11,13-14H,2-3,6-8H2,1H3/b5-4-,13-10?. The first-order valence-electron chi connectivity index (χ1n) is 5.46. The van der Waals surface area contributed by atoms with E-state index in [1.165, 1.54) is 0 Å². The molecule has 0 radical (unpaired) electrons. The first-order chi connectivity index (χ1) is 7.63. The van der Waals surface area contributed by atoms with Crippen LogP contribution in [0.1, 0.15) is 19.8 Å². The Bertz CT molecular complexity index is 321. The van der Waals surface area contributed by atoms with E-state index in [-0.39, 0.29) is 12.0 Å². The van der Waals surface area contributed by atoms with Gasteiger partial charge in [0.2, 0.25) is 0 Å². The fourth-order valence-corrected chi connectivity index (χ4v) is 1.49. The van der Waals surface area contributed by atoms with Gasteiger partial charge in [0.25, 0.3) is 0 Å². The van der Waals surface area contributed by atoms with Gasteiger partial charge < -0.3 is 15.5 Å². The fraction of sp³-hybridized carbons (Fsp3) is 0.500. The summed E-state index contributed by atoms with van der Waals surface area (Å²) >= 11 is 0. The van der Waals surface area contributed by atoms with Crippen LogP contribution in [0.5, 0.6) is 0 Å². The molecular weight excluding hydrogens is 204 g/mol. The van der Waals surface area contributed by atoms with Gasteiger partial charge in [-0.2, -0.15) is 0 Å². The third kappa shape index (κ3) is 3.98. The molecule has 1 unspecified atom stereocenters. The van der Waals surface area contributed by atoms with Gasteiger partial charge in [-0.05, 0) is 19.4 Å². The van der Waals surface area contributed by atoms with Crippen molar-refractivity contribution in [1.29, 1.82) is 5.41 Å². The highest BCUT2D eigenvalue weighted by Gasteiger charge is 2.20. The first-order valence-corrected chi connectivity index (χ1v) is 5.46. The summed E-state index contributed by atoms with van der Waals surface area (Å²) in [6.45, 7) is 6.64. The summed E-state index contributed by atoms with van der Waals surface area (Å²) in [6, 6.07) is -0.344. The van der Waals surface area contributed by atoms with Gasteiger partial charge in [-0.15, -0.1) is 0 Å². The minimum Gasteiger partial charge on any atom is -0.465 e. The molecule has 0 saturated carbocycles. The van der Waals surface area contributed by atoms with Crippen molar-refractivity contribution in [3.8, 4) is 0 Å². The summed E-state index contributed by atoms with van der Waals surface area (Å²) in [5.41, 5.74) is 1.37. The maximum atomic E-state index is 11.6. The highest BCUT2D eigenvalue weighted by atomic mass is 16.5. The minimum atomic E-state index is -0.344. The summed E-state index contributed by atoms with van der Waals surface area (Å²) in [4.78, 5) is 11.6. The molecule has 4 nitrogen and oxygen atoms in total. The second-order valence-electron chi connectivity index (χ2n) is 3.73. The molecule has 1 aliphatic heterocycles. The number of esters is 1. The molecule has 0 aromatic carbocycles. The maximum Gasteiger partial charge on any atom is 0.323 e. The fourth-order valence-electron chi connectivity index (χ4n) is 1.49. The largest absolute Gasteiger partial charge is 0.465 e. The molecule has 1 rings (SSSR count). The Balaban J connectivity index is 2.65. The van der Waals surface area contributed by atoms with E-state index in [0.29, 0.717) is 31.7 Å². The van der Waals surface area contributed by atoms with Crippen molar-refractivity contribution in [2.45, 2.75) is 25.8 Å². The molecule has 0 spiro atoms. The number of nitrogens with one attached hydrogen (secondary N) is 2. The van der Waals surface area contributed by atoms with Crippen molar-refractivity contribution < 1.29 is 9.53 Å². The van der Waals surface area contributed by atoms with Gasteiger partial charge in [0.1, 0.15) is 6.04 Å². The molecule has 0 amide bonds. The molecule has 0 aliphatic carbocycles. The number of rotatable bonds is 2. The van der Waals surface area contributed by atoms with E-state index < -0.39 is 0 Å². The molecular formula is C12H18N2O2. The highest BCUT2D eigenvalue weighted by Crippen LogP contribution is 2.09. The van der Waals surface area contributed by atoms with E-state index >= 15 is 0 Å². The molecule has 88 valence electrons. The SMILES string of the molecule is C=C1/C=C\C(=N)CCNC(C(=O)OCC)C1. The Morgan fingerprint density at radius 2 is 2.44 bits per heavy atom. The highest BCUT2D eigenvalue weighted by molar-refractivity contribution is 5.92. The molecule has 0 fully saturated rings. The van der Waals surface area contributed by atoms with E-state index in [1.54, 1.807) is 19.1 Å². The van der Waals surface area contributed by atoms with Crippen LogP contribution in [0.25, 0.3) is 0 Å². The average Bonchev–Trinajstić information content (AvgIpc) is 2.32. The predicted molar refractivity (Wildman–Crippen MR) is 63.7 cm³/mol. The van der Waals surface area contributed by atoms with Gasteiger partial charge in [0, 0.05) is 18.7 Å². The van der Waals surface area contributed by atoms with E-state index in [1.807, 2.05) is 0 Å². The predicted octanol–water partition coefficient (Wildman–Crippen LogP) is 1.43. The van der Waals surface area contributed by atoms with E-state index in [9.17, 15) is 4.79 Å². The van der Waals surface area contributed by atoms with Gasteiger partial charge in [-0.1, -0.05) is 18.2 Å². The van der Waals surface area contributed by atoms with Gasteiger partial charge >= 0.3 is 5.97 Å². The summed E-state index contributed by atoms with van der Waals surface area (Å²) in [6.07, 6.45) is 4.67. The zero-order chi connectivity index (χ0) is 12.0. The smallest absolute Gasteiger partial charge is 0.323 e. The first kappa shape index (κ1) is 12.6. The van der Waals surface area contributed by atoms with E-state index in [4.69, 9.17) is 10.1 Å². The molecule has 2 N–H and O–H groups in total. The van der Waals surface area contributed by atoms with E-state index in [0.717, 1.165) is 5.57 Å². The monoisotopic (exact) mass is 222 g/mol. The van der Waals surface area contributed by atoms with Gasteiger partial charge in [0.05, 0.1) is 6.61 Å². The van der Waals surface area contributed by atoms with Gasteiger partial charge in [0.15, 0.2) is 0 Å². The van der Waals surface area contributed by atoms with Crippen LogP contribution in [0, 0.1) is 5.41 Å². The third-order valence-electron chi connectivity index (χ3n) is 2.34. The van der Waals surface area contributed by atoms with Crippen molar-refractivity contribution in [3.05, 3.63) is 24.3 Å². The second kappa shape index (κ2) is 6.23. The lowest BCUT2D eigenvalue weighted by Gasteiger charge is -2.16. The van der Waals surface area contributed by atoms with Crippen LogP contribution >= 0.6 is 0 Å². The normalized spacial score (nSPS) is 24.2. The van der Waals surface area contributed by atoms with Crippen molar-refractivity contribution in [2.24, 2.45) is 0 Å². The van der Waals surface area contributed by atoms with Crippen LogP contribution < -0.4 is 5.32 Å². The molecule has 1 aliphatic rings. The Hall–Kier alpha value is -1.42. The van der Waals surface area contributed by atoms with Crippen LogP contribution in [0.15, 0.2) is 24.3 Å². The van der Waals surface area contributed by atoms with Crippen molar-refractivity contribution in [3.63, 3.8) is 0 Å². The Kier molecular flexibility index (Phi) is 4.92. The van der Waals surface area contributed by atoms with Gasteiger partial charge in [-0.3, -0.25) is 4.79 Å². The topological polar surface area (TPSA) is 62.2 Å². The Labute approximate surface area is 95.9 Å². The number of carbonyl (C=O) groups is 1. The number of hydrogen-bond donors (Lipinski definition) is 2. The summed E-state index contributed by atoms with van der Waals surface area (Å²) in [5.74, 6) is -0.245. The third-order valence-corrected chi connectivity index (χ3v) is 2.34. The molecule has 0 saturated heterocycles. The van der Waals surface area contributed by atoms with Crippen LogP contribution in [0.2, 0.25) is 0 Å². The van der Waals surface area contributed by atoms with Crippen LogP contribution in [0.4, 0.5) is 0 Å². The zero-order valence-corrected chi connectivity index (χ0v) is 9.58. The van der Waals surface area contributed by atoms with Gasteiger partial charge in [-0.25, -0.2) is 0 Å². The summed E-state index contributed by atoms with van der Waals surface area (Å²) < 4.78 is 4.97. The van der Waals surface area contributed by atoms with Crippen molar-refractivity contribution in [1.82, 2.24) is 5.32 Å². The summed E-state index contributed by atoms with van der Waals surface area (Å²) in [7, 11) is 0. The lowest BCUT2D eigenvalue weighted by Crippen LogP contribution is -2.39. The number of ether oxygens (including phenoxy) is 1. The van der Waals surface area contributed by atoms with Crippen molar-refractivity contribution in [2.75, 3.05) is 13.2 Å². The quantitative estimate of drug-likeness (QED) is 0.695. The molecule has 4 heteroatoms. The Morgan fingerprint density at radius 1 is 1.69 bits per heavy atom.